The zero-order valence-corrected chi connectivity index (χ0v) is 20.0. The summed E-state index contributed by atoms with van der Waals surface area (Å²) in [6.07, 6.45) is -2.00. The number of alkyl halides is 3. The maximum absolute atomic E-state index is 15.5. The predicted octanol–water partition coefficient (Wildman–Crippen LogP) is 4.22. The zero-order chi connectivity index (χ0) is 26.4. The van der Waals surface area contributed by atoms with Crippen molar-refractivity contribution in [3.8, 4) is 11.1 Å². The monoisotopic (exact) mass is 534 g/mol. The Hall–Kier alpha value is -2.60. The summed E-state index contributed by atoms with van der Waals surface area (Å²) in [4.78, 5) is 13.8. The van der Waals surface area contributed by atoms with E-state index < -0.39 is 82.2 Å². The van der Waals surface area contributed by atoms with Gasteiger partial charge in [0.05, 0.1) is 18.3 Å². The van der Waals surface area contributed by atoms with Crippen LogP contribution in [0, 0.1) is 23.4 Å². The number of sulfonamides is 1. The topological polar surface area (TPSA) is 66.5 Å². The van der Waals surface area contributed by atoms with Crippen LogP contribution < -0.4 is 4.72 Å². The van der Waals surface area contributed by atoms with E-state index in [9.17, 15) is 26.4 Å². The van der Waals surface area contributed by atoms with Crippen LogP contribution in [0.15, 0.2) is 36.4 Å². The standard InChI is InChI=1S/C24H24F6N2O3S/c1-2-36(34,35)31-22-20(32(12-24(22,29)30)23(33)15-8-16(25)9-15)10-13-4-3-5-19(21(13)28)14-6-17(26)11-18(27)7-14/h3-7,11,15-16,20,22,31H,2,8-10,12H2,1H3/t15?,16?,20-,22+/m0/s1. The van der Waals surface area contributed by atoms with Crippen LogP contribution in [0.25, 0.3) is 11.1 Å². The second-order valence-corrected chi connectivity index (χ2v) is 11.2. The Labute approximate surface area is 204 Å². The van der Waals surface area contributed by atoms with E-state index in [1.165, 1.54) is 25.1 Å². The van der Waals surface area contributed by atoms with E-state index in [-0.39, 0.29) is 29.5 Å². The highest BCUT2D eigenvalue weighted by atomic mass is 32.2. The number of nitrogens with one attached hydrogen (secondary N) is 1. The van der Waals surface area contributed by atoms with Crippen LogP contribution >= 0.6 is 0 Å². The van der Waals surface area contributed by atoms with E-state index in [1.807, 2.05) is 4.72 Å². The van der Waals surface area contributed by atoms with Crippen molar-refractivity contribution in [2.75, 3.05) is 12.3 Å². The van der Waals surface area contributed by atoms with Gasteiger partial charge in [-0.25, -0.2) is 39.5 Å². The first kappa shape index (κ1) is 26.5. The zero-order valence-electron chi connectivity index (χ0n) is 19.2. The molecular weight excluding hydrogens is 510 g/mol. The Balaban J connectivity index is 1.72. The largest absolute Gasteiger partial charge is 0.331 e. The van der Waals surface area contributed by atoms with Gasteiger partial charge >= 0.3 is 0 Å². The van der Waals surface area contributed by atoms with Crippen LogP contribution in [-0.2, 0) is 21.2 Å². The molecule has 2 aliphatic rings. The van der Waals surface area contributed by atoms with Crippen molar-refractivity contribution < 1.29 is 39.6 Å². The minimum atomic E-state index is -4.14. The maximum Gasteiger partial charge on any atom is 0.283 e. The minimum Gasteiger partial charge on any atom is -0.331 e. The van der Waals surface area contributed by atoms with Crippen LogP contribution in [0.3, 0.4) is 0 Å². The first-order valence-corrected chi connectivity index (χ1v) is 13.0. The number of halogens is 6. The summed E-state index contributed by atoms with van der Waals surface area (Å²) in [7, 11) is -4.14. The second kappa shape index (κ2) is 9.70. The molecule has 12 heteroatoms. The molecule has 2 fully saturated rings. The van der Waals surface area contributed by atoms with Crippen LogP contribution in [-0.4, -0.2) is 55.7 Å². The normalized spacial score (nSPS) is 25.6. The van der Waals surface area contributed by atoms with Gasteiger partial charge in [0.25, 0.3) is 5.92 Å². The third-order valence-corrected chi connectivity index (χ3v) is 8.08. The number of rotatable bonds is 7. The smallest absolute Gasteiger partial charge is 0.283 e. The molecule has 1 N–H and O–H groups in total. The molecule has 0 bridgehead atoms. The van der Waals surface area contributed by atoms with Gasteiger partial charge in [-0.15, -0.1) is 0 Å². The van der Waals surface area contributed by atoms with E-state index in [2.05, 4.69) is 0 Å². The number of amides is 1. The lowest BCUT2D eigenvalue weighted by Gasteiger charge is -2.35. The van der Waals surface area contributed by atoms with Crippen molar-refractivity contribution in [2.24, 2.45) is 5.92 Å². The lowest BCUT2D eigenvalue weighted by molar-refractivity contribution is -0.142. The molecule has 1 aliphatic heterocycles. The highest BCUT2D eigenvalue weighted by Gasteiger charge is 2.58. The van der Waals surface area contributed by atoms with Gasteiger partial charge in [-0.3, -0.25) is 4.79 Å². The average Bonchev–Trinajstić information content (AvgIpc) is 3.01. The SMILES string of the molecule is CCS(=O)(=O)N[C@@H]1[C@H](Cc2cccc(-c3cc(F)cc(F)c3)c2F)N(C(=O)C2CC(F)C2)CC1(F)F. The first-order valence-electron chi connectivity index (χ1n) is 11.4. The number of carbonyl (C=O) groups excluding carboxylic acids is 1. The molecule has 0 radical (unpaired) electrons. The van der Waals surface area contributed by atoms with Crippen LogP contribution in [0.1, 0.15) is 25.3 Å². The molecule has 2 aromatic carbocycles. The van der Waals surface area contributed by atoms with E-state index in [1.54, 1.807) is 0 Å². The Morgan fingerprint density at radius 2 is 1.75 bits per heavy atom. The minimum absolute atomic E-state index is 0.122. The van der Waals surface area contributed by atoms with E-state index >= 15 is 13.2 Å². The molecule has 196 valence electrons. The molecule has 1 saturated carbocycles. The van der Waals surface area contributed by atoms with Crippen LogP contribution in [0.2, 0.25) is 0 Å². The molecule has 4 rings (SSSR count). The number of nitrogens with zero attached hydrogens (tertiary/aromatic N) is 1. The molecule has 2 aromatic rings. The molecule has 1 aliphatic carbocycles. The summed E-state index contributed by atoms with van der Waals surface area (Å²) in [6, 6.07) is 2.78. The maximum atomic E-state index is 15.5. The van der Waals surface area contributed by atoms with Gasteiger partial charge in [0.2, 0.25) is 15.9 Å². The van der Waals surface area contributed by atoms with E-state index in [0.29, 0.717) is 6.07 Å². The molecule has 1 amide bonds. The van der Waals surface area contributed by atoms with Crippen LogP contribution in [0.4, 0.5) is 26.3 Å². The predicted molar refractivity (Wildman–Crippen MR) is 120 cm³/mol. The summed E-state index contributed by atoms with van der Waals surface area (Å²) in [6.45, 7) is 0.141. The molecule has 1 heterocycles. The Bertz CT molecular complexity index is 1250. The van der Waals surface area contributed by atoms with E-state index in [4.69, 9.17) is 0 Å². The van der Waals surface area contributed by atoms with Crippen molar-refractivity contribution in [3.63, 3.8) is 0 Å². The first-order chi connectivity index (χ1) is 16.8. The number of benzene rings is 2. The second-order valence-electron chi connectivity index (χ2n) is 9.20. The van der Waals surface area contributed by atoms with Crippen molar-refractivity contribution in [2.45, 2.75) is 50.4 Å². The van der Waals surface area contributed by atoms with Gasteiger partial charge in [-0.05, 0) is 49.4 Å². The molecule has 0 unspecified atom stereocenters. The van der Waals surface area contributed by atoms with Gasteiger partial charge in [-0.2, -0.15) is 0 Å². The fourth-order valence-electron chi connectivity index (χ4n) is 4.69. The summed E-state index contributed by atoms with van der Waals surface area (Å²) in [5.74, 6) is -8.59. The van der Waals surface area contributed by atoms with Gasteiger partial charge in [0, 0.05) is 17.5 Å². The van der Waals surface area contributed by atoms with Crippen molar-refractivity contribution in [3.05, 3.63) is 59.4 Å². The summed E-state index contributed by atoms with van der Waals surface area (Å²) < 4.78 is 113. The fourth-order valence-corrected chi connectivity index (χ4v) is 5.58. The number of likely N-dealkylation sites (tertiary alicyclic amines) is 1. The molecule has 1 saturated heterocycles. The Morgan fingerprint density at radius 3 is 2.33 bits per heavy atom. The average molecular weight is 535 g/mol. The van der Waals surface area contributed by atoms with Gasteiger partial charge < -0.3 is 4.90 Å². The highest BCUT2D eigenvalue weighted by molar-refractivity contribution is 7.89. The third kappa shape index (κ3) is 5.24. The number of hydrogen-bond donors (Lipinski definition) is 1. The Kier molecular flexibility index (Phi) is 7.13. The highest BCUT2D eigenvalue weighted by Crippen LogP contribution is 2.40. The van der Waals surface area contributed by atoms with Gasteiger partial charge in [0.1, 0.15) is 29.7 Å². The molecule has 0 spiro atoms. The molecule has 36 heavy (non-hydrogen) atoms. The summed E-state index contributed by atoms with van der Waals surface area (Å²) >= 11 is 0. The van der Waals surface area contributed by atoms with E-state index in [0.717, 1.165) is 17.0 Å². The van der Waals surface area contributed by atoms with Crippen molar-refractivity contribution >= 4 is 15.9 Å². The number of hydrogen-bond acceptors (Lipinski definition) is 3. The summed E-state index contributed by atoms with van der Waals surface area (Å²) in [5.41, 5.74) is -0.475. The van der Waals surface area contributed by atoms with Crippen molar-refractivity contribution in [1.82, 2.24) is 9.62 Å². The molecule has 5 nitrogen and oxygen atoms in total. The number of carbonyl (C=O) groups is 1. The Morgan fingerprint density at radius 1 is 1.11 bits per heavy atom. The molecule has 2 atom stereocenters. The summed E-state index contributed by atoms with van der Waals surface area (Å²) in [5, 5.41) is 0. The van der Waals surface area contributed by atoms with Gasteiger partial charge in [0.15, 0.2) is 0 Å². The lowest BCUT2D eigenvalue weighted by atomic mass is 9.82. The van der Waals surface area contributed by atoms with Crippen LogP contribution in [0.5, 0.6) is 0 Å². The van der Waals surface area contributed by atoms with Crippen molar-refractivity contribution in [1.29, 1.82) is 0 Å². The molecular formula is C24H24F6N2O3S. The fraction of sp³-hybridized carbons (Fsp3) is 0.458. The van der Waals surface area contributed by atoms with Gasteiger partial charge in [-0.1, -0.05) is 18.2 Å². The lowest BCUT2D eigenvalue weighted by Crippen LogP contribution is -2.53. The third-order valence-electron chi connectivity index (χ3n) is 6.70. The molecule has 0 aromatic heterocycles. The quantitative estimate of drug-likeness (QED) is 0.542.